The summed E-state index contributed by atoms with van der Waals surface area (Å²) in [6.45, 7) is 1.95. The van der Waals surface area contributed by atoms with Gasteiger partial charge in [-0.15, -0.1) is 0 Å². The first-order valence-electron chi connectivity index (χ1n) is 9.56. The number of nitrogens with zero attached hydrogens (tertiary/aromatic N) is 2. The number of hydrogen-bond donors (Lipinski definition) is 2. The highest BCUT2D eigenvalue weighted by molar-refractivity contribution is 5.93. The lowest BCUT2D eigenvalue weighted by Crippen LogP contribution is -2.48. The van der Waals surface area contributed by atoms with Crippen molar-refractivity contribution in [2.24, 2.45) is 23.5 Å². The number of nitrogens with two attached hydrogens (primary N) is 1. The van der Waals surface area contributed by atoms with Crippen LogP contribution >= 0.6 is 0 Å². The fraction of sp³-hybridized carbons (Fsp3) is 0.476. The fourth-order valence-electron chi connectivity index (χ4n) is 4.57. The molecule has 2 fully saturated rings. The summed E-state index contributed by atoms with van der Waals surface area (Å²) in [6.07, 6.45) is 7.19. The Morgan fingerprint density at radius 2 is 1.96 bits per heavy atom. The molecule has 0 aliphatic heterocycles. The molecule has 1 aromatic heterocycles. The van der Waals surface area contributed by atoms with Gasteiger partial charge < -0.3 is 11.1 Å². The predicted octanol–water partition coefficient (Wildman–Crippen LogP) is 3.54. The first kappa shape index (κ1) is 17.2. The van der Waals surface area contributed by atoms with Crippen LogP contribution in [0.15, 0.2) is 36.5 Å². The SMILES string of the molecule is Cc1ccnc(-c2cccc(NC(=O)C3CC4CCCC(C3)C4N)c2)n1. The van der Waals surface area contributed by atoms with E-state index in [0.29, 0.717) is 17.7 Å². The number of amides is 1. The Morgan fingerprint density at radius 3 is 2.69 bits per heavy atom. The van der Waals surface area contributed by atoms with Crippen LogP contribution in [0.1, 0.15) is 37.8 Å². The number of rotatable bonds is 3. The summed E-state index contributed by atoms with van der Waals surface area (Å²) in [5.74, 6) is 1.88. The van der Waals surface area contributed by atoms with Crippen molar-refractivity contribution in [1.29, 1.82) is 0 Å². The maximum Gasteiger partial charge on any atom is 0.227 e. The average Bonchev–Trinajstić information content (AvgIpc) is 2.61. The zero-order valence-electron chi connectivity index (χ0n) is 15.2. The third-order valence-corrected chi connectivity index (χ3v) is 5.97. The number of hydrogen-bond acceptors (Lipinski definition) is 4. The van der Waals surface area contributed by atoms with Crippen molar-refractivity contribution >= 4 is 11.6 Å². The van der Waals surface area contributed by atoms with Crippen molar-refractivity contribution in [2.45, 2.75) is 45.1 Å². The van der Waals surface area contributed by atoms with Gasteiger partial charge in [-0.05, 0) is 62.6 Å². The van der Waals surface area contributed by atoms with Gasteiger partial charge in [-0.3, -0.25) is 4.79 Å². The van der Waals surface area contributed by atoms with Gasteiger partial charge in [0.15, 0.2) is 5.82 Å². The Morgan fingerprint density at radius 1 is 1.19 bits per heavy atom. The lowest BCUT2D eigenvalue weighted by atomic mass is 9.65. The Hall–Kier alpha value is -2.27. The smallest absolute Gasteiger partial charge is 0.227 e. The Bertz CT molecular complexity index is 792. The normalized spacial score (nSPS) is 27.8. The van der Waals surface area contributed by atoms with Crippen molar-refractivity contribution < 1.29 is 4.79 Å². The van der Waals surface area contributed by atoms with E-state index in [4.69, 9.17) is 5.73 Å². The molecular formula is C21H26N4O. The number of carbonyl (C=O) groups excluding carboxylic acids is 1. The summed E-state index contributed by atoms with van der Waals surface area (Å²) < 4.78 is 0. The Kier molecular flexibility index (Phi) is 4.72. The molecule has 4 rings (SSSR count). The minimum absolute atomic E-state index is 0.0731. The molecule has 2 unspecified atom stereocenters. The van der Waals surface area contributed by atoms with Crippen LogP contribution in [0.4, 0.5) is 5.69 Å². The third-order valence-electron chi connectivity index (χ3n) is 5.97. The molecule has 2 aromatic rings. The quantitative estimate of drug-likeness (QED) is 0.887. The molecule has 2 aliphatic rings. The maximum absolute atomic E-state index is 12.8. The number of aryl methyl sites for hydroxylation is 1. The first-order chi connectivity index (χ1) is 12.6. The van der Waals surface area contributed by atoms with Crippen molar-refractivity contribution in [3.63, 3.8) is 0 Å². The van der Waals surface area contributed by atoms with Crippen LogP contribution in [-0.4, -0.2) is 21.9 Å². The minimum Gasteiger partial charge on any atom is -0.327 e. The van der Waals surface area contributed by atoms with E-state index in [2.05, 4.69) is 15.3 Å². The van der Waals surface area contributed by atoms with Crippen LogP contribution in [0.25, 0.3) is 11.4 Å². The topological polar surface area (TPSA) is 80.9 Å². The van der Waals surface area contributed by atoms with Gasteiger partial charge in [0.2, 0.25) is 5.91 Å². The minimum atomic E-state index is 0.0731. The number of anilines is 1. The number of benzene rings is 1. The number of carbonyl (C=O) groups is 1. The molecule has 2 aliphatic carbocycles. The molecular weight excluding hydrogens is 324 g/mol. The van der Waals surface area contributed by atoms with Gasteiger partial charge in [-0.25, -0.2) is 9.97 Å². The largest absolute Gasteiger partial charge is 0.327 e. The molecule has 0 radical (unpaired) electrons. The average molecular weight is 350 g/mol. The van der Waals surface area contributed by atoms with Crippen LogP contribution in [0, 0.1) is 24.7 Å². The molecule has 0 saturated heterocycles. The number of nitrogens with one attached hydrogen (secondary N) is 1. The lowest BCUT2D eigenvalue weighted by Gasteiger charge is -2.43. The van der Waals surface area contributed by atoms with E-state index in [-0.39, 0.29) is 17.9 Å². The summed E-state index contributed by atoms with van der Waals surface area (Å²) in [5, 5.41) is 3.11. The molecule has 1 amide bonds. The highest BCUT2D eigenvalue weighted by atomic mass is 16.1. The van der Waals surface area contributed by atoms with Gasteiger partial charge >= 0.3 is 0 Å². The van der Waals surface area contributed by atoms with Gasteiger partial charge in [0.1, 0.15) is 0 Å². The van der Waals surface area contributed by atoms with Crippen molar-refractivity contribution in [2.75, 3.05) is 5.32 Å². The summed E-state index contributed by atoms with van der Waals surface area (Å²) in [5.41, 5.74) is 8.99. The van der Waals surface area contributed by atoms with E-state index in [9.17, 15) is 4.79 Å². The van der Waals surface area contributed by atoms with E-state index in [0.717, 1.165) is 29.8 Å². The second-order valence-electron chi connectivity index (χ2n) is 7.79. The zero-order valence-corrected chi connectivity index (χ0v) is 15.2. The Balaban J connectivity index is 1.47. The molecule has 5 heteroatoms. The molecule has 0 spiro atoms. The van der Waals surface area contributed by atoms with Gasteiger partial charge in [0.25, 0.3) is 0 Å². The molecule has 1 aromatic carbocycles. The van der Waals surface area contributed by atoms with E-state index >= 15 is 0 Å². The van der Waals surface area contributed by atoms with Crippen molar-refractivity contribution in [3.05, 3.63) is 42.2 Å². The third kappa shape index (κ3) is 3.49. The van der Waals surface area contributed by atoms with E-state index < -0.39 is 0 Å². The lowest BCUT2D eigenvalue weighted by molar-refractivity contribution is -0.122. The molecule has 2 saturated carbocycles. The standard InChI is InChI=1S/C21H26N4O/c1-13-8-9-23-20(24-13)16-6-3-7-18(12-16)25-21(26)17-10-14-4-2-5-15(11-17)19(14)22/h3,6-9,12,14-15,17,19H,2,4-5,10-11,22H2,1H3,(H,25,26). The second kappa shape index (κ2) is 7.16. The summed E-state index contributed by atoms with van der Waals surface area (Å²) >= 11 is 0. The summed E-state index contributed by atoms with van der Waals surface area (Å²) in [7, 11) is 0. The highest BCUT2D eigenvalue weighted by Crippen LogP contribution is 2.42. The van der Waals surface area contributed by atoms with Crippen LogP contribution in [0.5, 0.6) is 0 Å². The molecule has 5 nitrogen and oxygen atoms in total. The molecule has 3 N–H and O–H groups in total. The van der Waals surface area contributed by atoms with Crippen LogP contribution in [-0.2, 0) is 4.79 Å². The van der Waals surface area contributed by atoms with Crippen LogP contribution in [0.2, 0.25) is 0 Å². The van der Waals surface area contributed by atoms with Gasteiger partial charge in [0.05, 0.1) is 0 Å². The van der Waals surface area contributed by atoms with Crippen molar-refractivity contribution in [1.82, 2.24) is 9.97 Å². The molecule has 2 atom stereocenters. The summed E-state index contributed by atoms with van der Waals surface area (Å²) in [6, 6.07) is 9.93. The fourth-order valence-corrected chi connectivity index (χ4v) is 4.57. The van der Waals surface area contributed by atoms with Gasteiger partial charge in [-0.2, -0.15) is 0 Å². The predicted molar refractivity (Wildman–Crippen MR) is 102 cm³/mol. The second-order valence-corrected chi connectivity index (χ2v) is 7.79. The van der Waals surface area contributed by atoms with E-state index in [1.807, 2.05) is 37.3 Å². The van der Waals surface area contributed by atoms with Gasteiger partial charge in [-0.1, -0.05) is 18.6 Å². The summed E-state index contributed by atoms with van der Waals surface area (Å²) in [4.78, 5) is 21.6. The Labute approximate surface area is 154 Å². The molecule has 2 bridgehead atoms. The van der Waals surface area contributed by atoms with E-state index in [1.165, 1.54) is 19.3 Å². The highest BCUT2D eigenvalue weighted by Gasteiger charge is 2.40. The number of fused-ring (bicyclic) bond motifs is 2. The van der Waals surface area contributed by atoms with Gasteiger partial charge in [0, 0.05) is 35.1 Å². The number of aromatic nitrogens is 2. The van der Waals surface area contributed by atoms with Crippen LogP contribution < -0.4 is 11.1 Å². The van der Waals surface area contributed by atoms with Crippen LogP contribution in [0.3, 0.4) is 0 Å². The molecule has 26 heavy (non-hydrogen) atoms. The maximum atomic E-state index is 12.8. The van der Waals surface area contributed by atoms with Crippen molar-refractivity contribution in [3.8, 4) is 11.4 Å². The molecule has 1 heterocycles. The zero-order chi connectivity index (χ0) is 18.1. The monoisotopic (exact) mass is 350 g/mol. The first-order valence-corrected chi connectivity index (χ1v) is 9.56. The van der Waals surface area contributed by atoms with E-state index in [1.54, 1.807) is 6.20 Å². The molecule has 136 valence electrons.